The Hall–Kier alpha value is -0.380. The van der Waals surface area contributed by atoms with Crippen molar-refractivity contribution < 1.29 is 0 Å². The van der Waals surface area contributed by atoms with E-state index in [-0.39, 0.29) is 5.54 Å². The fourth-order valence-electron chi connectivity index (χ4n) is 2.96. The predicted molar refractivity (Wildman–Crippen MR) is 74.7 cm³/mol. The Kier molecular flexibility index (Phi) is 6.17. The minimum absolute atomic E-state index is 0.201. The molecule has 1 fully saturated rings. The Morgan fingerprint density at radius 2 is 2.12 bits per heavy atom. The molecule has 0 aliphatic carbocycles. The summed E-state index contributed by atoms with van der Waals surface area (Å²) in [5.74, 6) is 5.78. The van der Waals surface area contributed by atoms with Crippen molar-refractivity contribution in [3.05, 3.63) is 12.7 Å². The lowest BCUT2D eigenvalue weighted by Gasteiger charge is -2.44. The van der Waals surface area contributed by atoms with Gasteiger partial charge < -0.3 is 0 Å². The van der Waals surface area contributed by atoms with Crippen molar-refractivity contribution in [1.29, 1.82) is 0 Å². The summed E-state index contributed by atoms with van der Waals surface area (Å²) in [6.07, 6.45) is 9.19. The number of rotatable bonds is 8. The second-order valence-corrected chi connectivity index (χ2v) is 5.34. The van der Waals surface area contributed by atoms with Crippen molar-refractivity contribution in [3.63, 3.8) is 0 Å². The van der Waals surface area contributed by atoms with E-state index in [0.717, 1.165) is 19.3 Å². The van der Waals surface area contributed by atoms with Crippen LogP contribution in [0, 0.1) is 0 Å². The number of unbranched alkanes of at least 4 members (excludes halogenated alkanes) is 1. The van der Waals surface area contributed by atoms with Crippen molar-refractivity contribution in [1.82, 2.24) is 10.3 Å². The van der Waals surface area contributed by atoms with Gasteiger partial charge in [0.15, 0.2) is 0 Å². The van der Waals surface area contributed by atoms with Crippen LogP contribution in [-0.4, -0.2) is 29.6 Å². The standard InChI is InChI=1S/C14H29N3/c1-4-6-7-10-13(16-15)14(3,5-2)17-11-8-9-12-17/h4,13,16H,1,5-12,15H2,2-3H3. The van der Waals surface area contributed by atoms with Crippen LogP contribution in [-0.2, 0) is 0 Å². The highest BCUT2D eigenvalue weighted by Gasteiger charge is 2.38. The quantitative estimate of drug-likeness (QED) is 0.296. The number of hydrogen-bond acceptors (Lipinski definition) is 3. The van der Waals surface area contributed by atoms with E-state index in [1.165, 1.54) is 32.4 Å². The number of nitrogens with one attached hydrogen (secondary N) is 1. The lowest BCUT2D eigenvalue weighted by Crippen LogP contribution is -2.60. The van der Waals surface area contributed by atoms with Gasteiger partial charge in [-0.15, -0.1) is 6.58 Å². The van der Waals surface area contributed by atoms with Crippen LogP contribution in [0.15, 0.2) is 12.7 Å². The lowest BCUT2D eigenvalue weighted by molar-refractivity contribution is 0.0795. The van der Waals surface area contributed by atoms with Crippen LogP contribution in [0.1, 0.15) is 52.4 Å². The number of nitrogens with two attached hydrogens (primary N) is 1. The molecule has 0 aromatic heterocycles. The zero-order valence-corrected chi connectivity index (χ0v) is 11.5. The van der Waals surface area contributed by atoms with Crippen LogP contribution in [0.3, 0.4) is 0 Å². The number of allylic oxidation sites excluding steroid dienone is 1. The zero-order chi connectivity index (χ0) is 12.7. The van der Waals surface area contributed by atoms with Crippen LogP contribution in [0.4, 0.5) is 0 Å². The molecule has 2 atom stereocenters. The third-order valence-corrected chi connectivity index (χ3v) is 4.40. The Bertz CT molecular complexity index is 224. The molecule has 1 saturated heterocycles. The van der Waals surface area contributed by atoms with E-state index in [1.807, 2.05) is 6.08 Å². The molecule has 0 aromatic rings. The third kappa shape index (κ3) is 3.54. The van der Waals surface area contributed by atoms with Crippen molar-refractivity contribution in [2.45, 2.75) is 64.0 Å². The first-order valence-corrected chi connectivity index (χ1v) is 7.01. The maximum atomic E-state index is 5.78. The lowest BCUT2D eigenvalue weighted by atomic mass is 9.85. The van der Waals surface area contributed by atoms with Gasteiger partial charge in [-0.25, -0.2) is 0 Å². The molecule has 1 heterocycles. The van der Waals surface area contributed by atoms with E-state index in [1.54, 1.807) is 0 Å². The highest BCUT2D eigenvalue weighted by Crippen LogP contribution is 2.29. The fraction of sp³-hybridized carbons (Fsp3) is 0.857. The first-order chi connectivity index (χ1) is 8.19. The van der Waals surface area contributed by atoms with Crippen LogP contribution in [0.25, 0.3) is 0 Å². The second kappa shape index (κ2) is 7.14. The molecule has 1 aliphatic rings. The summed E-state index contributed by atoms with van der Waals surface area (Å²) < 4.78 is 0. The van der Waals surface area contributed by atoms with Crippen molar-refractivity contribution in [2.75, 3.05) is 13.1 Å². The molecule has 1 aliphatic heterocycles. The van der Waals surface area contributed by atoms with E-state index >= 15 is 0 Å². The molecule has 0 aromatic carbocycles. The predicted octanol–water partition coefficient (Wildman–Crippen LogP) is 2.44. The van der Waals surface area contributed by atoms with Gasteiger partial charge in [0.25, 0.3) is 0 Å². The zero-order valence-electron chi connectivity index (χ0n) is 11.5. The molecule has 100 valence electrons. The first kappa shape index (κ1) is 14.7. The normalized spacial score (nSPS) is 22.3. The molecule has 0 radical (unpaired) electrons. The van der Waals surface area contributed by atoms with Gasteiger partial charge in [-0.1, -0.05) is 13.0 Å². The number of hydrogen-bond donors (Lipinski definition) is 2. The molecule has 1 rings (SSSR count). The Morgan fingerprint density at radius 3 is 2.59 bits per heavy atom. The van der Waals surface area contributed by atoms with Crippen molar-refractivity contribution in [2.24, 2.45) is 5.84 Å². The van der Waals surface area contributed by atoms with Gasteiger partial charge >= 0.3 is 0 Å². The van der Waals surface area contributed by atoms with Gasteiger partial charge in [0.05, 0.1) is 0 Å². The van der Waals surface area contributed by atoms with E-state index in [2.05, 4.69) is 30.8 Å². The van der Waals surface area contributed by atoms with E-state index < -0.39 is 0 Å². The number of hydrazine groups is 1. The molecule has 0 bridgehead atoms. The molecule has 2 unspecified atom stereocenters. The van der Waals surface area contributed by atoms with Gasteiger partial charge in [0.2, 0.25) is 0 Å². The molecular formula is C14H29N3. The minimum atomic E-state index is 0.201. The van der Waals surface area contributed by atoms with Crippen LogP contribution in [0.5, 0.6) is 0 Å². The monoisotopic (exact) mass is 239 g/mol. The van der Waals surface area contributed by atoms with Crippen LogP contribution in [0.2, 0.25) is 0 Å². The summed E-state index contributed by atoms with van der Waals surface area (Å²) in [5, 5.41) is 0. The highest BCUT2D eigenvalue weighted by molar-refractivity contribution is 4.97. The molecule has 0 saturated carbocycles. The van der Waals surface area contributed by atoms with Gasteiger partial charge in [-0.3, -0.25) is 16.2 Å². The van der Waals surface area contributed by atoms with E-state index in [0.29, 0.717) is 6.04 Å². The van der Waals surface area contributed by atoms with Crippen molar-refractivity contribution >= 4 is 0 Å². The molecule has 3 nitrogen and oxygen atoms in total. The summed E-state index contributed by atoms with van der Waals surface area (Å²) in [6, 6.07) is 0.380. The Labute approximate surface area is 106 Å². The van der Waals surface area contributed by atoms with E-state index in [4.69, 9.17) is 5.84 Å². The minimum Gasteiger partial charge on any atom is -0.296 e. The average molecular weight is 239 g/mol. The van der Waals surface area contributed by atoms with E-state index in [9.17, 15) is 0 Å². The van der Waals surface area contributed by atoms with Gasteiger partial charge in [0, 0.05) is 11.6 Å². The smallest absolute Gasteiger partial charge is 0.0392 e. The molecule has 3 N–H and O–H groups in total. The Balaban J connectivity index is 2.62. The molecule has 0 amide bonds. The van der Waals surface area contributed by atoms with Gasteiger partial charge in [-0.2, -0.15) is 0 Å². The topological polar surface area (TPSA) is 41.3 Å². The Morgan fingerprint density at radius 1 is 1.47 bits per heavy atom. The van der Waals surface area contributed by atoms with Crippen molar-refractivity contribution in [3.8, 4) is 0 Å². The third-order valence-electron chi connectivity index (χ3n) is 4.40. The maximum Gasteiger partial charge on any atom is 0.0392 e. The van der Waals surface area contributed by atoms with Gasteiger partial charge in [0.1, 0.15) is 0 Å². The summed E-state index contributed by atoms with van der Waals surface area (Å²) in [6.45, 7) is 10.9. The fourth-order valence-corrected chi connectivity index (χ4v) is 2.96. The summed E-state index contributed by atoms with van der Waals surface area (Å²) >= 11 is 0. The second-order valence-electron chi connectivity index (χ2n) is 5.34. The largest absolute Gasteiger partial charge is 0.296 e. The maximum absolute atomic E-state index is 5.78. The number of likely N-dealkylation sites (tertiary alicyclic amines) is 1. The summed E-state index contributed by atoms with van der Waals surface area (Å²) in [7, 11) is 0. The first-order valence-electron chi connectivity index (χ1n) is 7.01. The van der Waals surface area contributed by atoms with Crippen LogP contribution >= 0.6 is 0 Å². The summed E-state index contributed by atoms with van der Waals surface area (Å²) in [4.78, 5) is 2.62. The summed E-state index contributed by atoms with van der Waals surface area (Å²) in [5.41, 5.74) is 3.25. The SMILES string of the molecule is C=CCCCC(NN)C(C)(CC)N1CCCC1. The van der Waals surface area contributed by atoms with Crippen LogP contribution < -0.4 is 11.3 Å². The highest BCUT2D eigenvalue weighted by atomic mass is 15.3. The molecular weight excluding hydrogens is 210 g/mol. The average Bonchev–Trinajstić information content (AvgIpc) is 2.88. The number of nitrogens with zero attached hydrogens (tertiary/aromatic N) is 1. The molecule has 0 spiro atoms. The molecule has 17 heavy (non-hydrogen) atoms. The molecule has 3 heteroatoms. The van der Waals surface area contributed by atoms with Gasteiger partial charge in [-0.05, 0) is 58.5 Å².